The number of aromatic amines is 1. The van der Waals surface area contributed by atoms with E-state index in [0.717, 1.165) is 40.8 Å². The minimum absolute atomic E-state index is 0.0868. The van der Waals surface area contributed by atoms with Gasteiger partial charge in [0.2, 0.25) is 0 Å². The monoisotopic (exact) mass is 329 g/mol. The molecule has 1 aromatic carbocycles. The number of benzene rings is 1. The fraction of sp³-hybridized carbons (Fsp3) is 0.421. The molecule has 5 heteroatoms. The molecule has 1 fully saturated rings. The molecule has 128 valence electrons. The van der Waals surface area contributed by atoms with Crippen molar-refractivity contribution in [3.8, 4) is 16.9 Å². The molecule has 1 unspecified atom stereocenters. The van der Waals surface area contributed by atoms with Crippen LogP contribution in [0.3, 0.4) is 0 Å². The Balaban J connectivity index is 2.13. The van der Waals surface area contributed by atoms with E-state index in [1.165, 1.54) is 0 Å². The highest BCUT2D eigenvalue weighted by Gasteiger charge is 2.29. The van der Waals surface area contributed by atoms with Crippen LogP contribution in [0.1, 0.15) is 47.5 Å². The van der Waals surface area contributed by atoms with Crippen LogP contribution in [0.25, 0.3) is 11.1 Å². The van der Waals surface area contributed by atoms with E-state index in [1.807, 2.05) is 31.3 Å². The molecule has 5 nitrogen and oxygen atoms in total. The molecule has 0 spiro atoms. The number of carbonyl (C=O) groups is 1. The molecular weight excluding hydrogens is 306 g/mol. The predicted molar refractivity (Wildman–Crippen MR) is 91.4 cm³/mol. The SMILES string of the molecule is CCOC(=O)c1[nH]cc(-c2cccc(OC)c2C)c1C1CCCO1. The Morgan fingerprint density at radius 2 is 2.21 bits per heavy atom. The minimum atomic E-state index is -0.338. The van der Waals surface area contributed by atoms with Crippen molar-refractivity contribution in [1.29, 1.82) is 0 Å². The molecule has 1 aromatic heterocycles. The molecular formula is C19H23NO4. The van der Waals surface area contributed by atoms with Gasteiger partial charge in [0.15, 0.2) is 0 Å². The van der Waals surface area contributed by atoms with Crippen molar-refractivity contribution in [1.82, 2.24) is 4.98 Å². The summed E-state index contributed by atoms with van der Waals surface area (Å²) < 4.78 is 16.5. The van der Waals surface area contributed by atoms with Gasteiger partial charge in [-0.3, -0.25) is 0 Å². The Hall–Kier alpha value is -2.27. The summed E-state index contributed by atoms with van der Waals surface area (Å²) in [6.07, 6.45) is 3.68. The summed E-state index contributed by atoms with van der Waals surface area (Å²) in [5.41, 5.74) is 4.42. The average molecular weight is 329 g/mol. The van der Waals surface area contributed by atoms with Gasteiger partial charge in [-0.25, -0.2) is 4.79 Å². The lowest BCUT2D eigenvalue weighted by Gasteiger charge is -2.16. The Morgan fingerprint density at radius 3 is 2.88 bits per heavy atom. The Morgan fingerprint density at radius 1 is 1.38 bits per heavy atom. The van der Waals surface area contributed by atoms with Gasteiger partial charge < -0.3 is 19.2 Å². The molecule has 1 aliphatic heterocycles. The zero-order chi connectivity index (χ0) is 17.1. The van der Waals surface area contributed by atoms with E-state index in [9.17, 15) is 4.79 Å². The lowest BCUT2D eigenvalue weighted by Crippen LogP contribution is -2.10. The molecule has 1 aliphatic rings. The first-order valence-corrected chi connectivity index (χ1v) is 8.31. The van der Waals surface area contributed by atoms with Gasteiger partial charge in [-0.2, -0.15) is 0 Å². The predicted octanol–water partition coefficient (Wildman–Crippen LogP) is 4.03. The fourth-order valence-electron chi connectivity index (χ4n) is 3.30. The maximum Gasteiger partial charge on any atom is 0.355 e. The number of carbonyl (C=O) groups excluding carboxylic acids is 1. The smallest absolute Gasteiger partial charge is 0.355 e. The molecule has 0 radical (unpaired) electrons. The van der Waals surface area contributed by atoms with Gasteiger partial charge in [-0.1, -0.05) is 12.1 Å². The van der Waals surface area contributed by atoms with Crippen molar-refractivity contribution < 1.29 is 19.0 Å². The minimum Gasteiger partial charge on any atom is -0.496 e. The quantitative estimate of drug-likeness (QED) is 0.842. The van der Waals surface area contributed by atoms with Crippen LogP contribution in [-0.2, 0) is 9.47 Å². The third-order valence-electron chi connectivity index (χ3n) is 4.45. The number of esters is 1. The van der Waals surface area contributed by atoms with E-state index in [0.29, 0.717) is 18.9 Å². The summed E-state index contributed by atoms with van der Waals surface area (Å²) >= 11 is 0. The van der Waals surface area contributed by atoms with Crippen LogP contribution in [0.4, 0.5) is 0 Å². The van der Waals surface area contributed by atoms with Gasteiger partial charge in [-0.15, -0.1) is 0 Å². The molecule has 24 heavy (non-hydrogen) atoms. The van der Waals surface area contributed by atoms with Gasteiger partial charge in [-0.05, 0) is 43.9 Å². The molecule has 3 rings (SSSR count). The number of aromatic nitrogens is 1. The zero-order valence-corrected chi connectivity index (χ0v) is 14.3. The maximum atomic E-state index is 12.3. The Labute approximate surface area is 141 Å². The third kappa shape index (κ3) is 2.91. The summed E-state index contributed by atoms with van der Waals surface area (Å²) in [7, 11) is 1.66. The average Bonchev–Trinajstić information content (AvgIpc) is 3.24. The first-order valence-electron chi connectivity index (χ1n) is 8.31. The fourth-order valence-corrected chi connectivity index (χ4v) is 3.30. The lowest BCUT2D eigenvalue weighted by molar-refractivity contribution is 0.0508. The third-order valence-corrected chi connectivity index (χ3v) is 4.45. The lowest BCUT2D eigenvalue weighted by atomic mass is 9.94. The largest absolute Gasteiger partial charge is 0.496 e. The van der Waals surface area contributed by atoms with Crippen LogP contribution in [0, 0.1) is 6.92 Å². The molecule has 0 amide bonds. The van der Waals surface area contributed by atoms with Crippen molar-refractivity contribution in [3.05, 3.63) is 41.2 Å². The number of H-pyrrole nitrogens is 1. The molecule has 1 saturated heterocycles. The molecule has 0 bridgehead atoms. The topological polar surface area (TPSA) is 60.6 Å². The maximum absolute atomic E-state index is 12.3. The van der Waals surface area contributed by atoms with Gasteiger partial charge >= 0.3 is 5.97 Å². The number of methoxy groups -OCH3 is 1. The van der Waals surface area contributed by atoms with Crippen LogP contribution >= 0.6 is 0 Å². The van der Waals surface area contributed by atoms with Crippen molar-refractivity contribution in [2.24, 2.45) is 0 Å². The summed E-state index contributed by atoms with van der Waals surface area (Å²) in [5.74, 6) is 0.486. The van der Waals surface area contributed by atoms with Crippen molar-refractivity contribution in [3.63, 3.8) is 0 Å². The zero-order valence-electron chi connectivity index (χ0n) is 14.3. The first-order chi connectivity index (χ1) is 11.7. The Bertz CT molecular complexity index is 729. The van der Waals surface area contributed by atoms with Gasteiger partial charge in [0, 0.05) is 23.9 Å². The van der Waals surface area contributed by atoms with E-state index in [-0.39, 0.29) is 12.1 Å². The van der Waals surface area contributed by atoms with Crippen molar-refractivity contribution in [2.75, 3.05) is 20.3 Å². The number of ether oxygens (including phenoxy) is 3. The van der Waals surface area contributed by atoms with Crippen LogP contribution < -0.4 is 4.74 Å². The van der Waals surface area contributed by atoms with Crippen molar-refractivity contribution in [2.45, 2.75) is 32.8 Å². The number of hydrogen-bond donors (Lipinski definition) is 1. The van der Waals surface area contributed by atoms with Gasteiger partial charge in [0.1, 0.15) is 11.4 Å². The summed E-state index contributed by atoms with van der Waals surface area (Å²) in [6, 6.07) is 5.93. The number of hydrogen-bond acceptors (Lipinski definition) is 4. The van der Waals surface area contributed by atoms with E-state index < -0.39 is 0 Å². The van der Waals surface area contributed by atoms with Gasteiger partial charge in [0.25, 0.3) is 0 Å². The van der Waals surface area contributed by atoms with E-state index in [4.69, 9.17) is 14.2 Å². The molecule has 1 atom stereocenters. The number of rotatable bonds is 5. The van der Waals surface area contributed by atoms with E-state index >= 15 is 0 Å². The number of nitrogens with one attached hydrogen (secondary N) is 1. The molecule has 1 N–H and O–H groups in total. The van der Waals surface area contributed by atoms with Gasteiger partial charge in [0.05, 0.1) is 19.8 Å². The van der Waals surface area contributed by atoms with Crippen molar-refractivity contribution >= 4 is 5.97 Å². The summed E-state index contributed by atoms with van der Waals surface area (Å²) in [6.45, 7) is 4.88. The summed E-state index contributed by atoms with van der Waals surface area (Å²) in [4.78, 5) is 15.4. The second-order valence-corrected chi connectivity index (χ2v) is 5.85. The Kier molecular flexibility index (Phi) is 4.90. The second kappa shape index (κ2) is 7.09. The van der Waals surface area contributed by atoms with E-state index in [1.54, 1.807) is 14.0 Å². The first kappa shape index (κ1) is 16.6. The highest BCUT2D eigenvalue weighted by Crippen LogP contribution is 2.40. The van der Waals surface area contributed by atoms with E-state index in [2.05, 4.69) is 4.98 Å². The summed E-state index contributed by atoms with van der Waals surface area (Å²) in [5, 5.41) is 0. The van der Waals surface area contributed by atoms with Crippen LogP contribution in [0.5, 0.6) is 5.75 Å². The highest BCUT2D eigenvalue weighted by atomic mass is 16.5. The molecule has 2 aromatic rings. The second-order valence-electron chi connectivity index (χ2n) is 5.85. The standard InChI is InChI=1S/C19H23NO4/c1-4-23-19(21)18-17(16-9-6-10-24-16)14(11-20-18)13-7-5-8-15(22-3)12(13)2/h5,7-8,11,16,20H,4,6,9-10H2,1-3H3. The van der Waals surface area contributed by atoms with Crippen LogP contribution in [-0.4, -0.2) is 31.3 Å². The molecule has 0 saturated carbocycles. The normalized spacial score (nSPS) is 17.0. The van der Waals surface area contributed by atoms with Crippen LogP contribution in [0.2, 0.25) is 0 Å². The highest BCUT2D eigenvalue weighted by molar-refractivity contribution is 5.93. The molecule has 2 heterocycles. The molecule has 0 aliphatic carbocycles. The van der Waals surface area contributed by atoms with Crippen LogP contribution in [0.15, 0.2) is 24.4 Å².